The van der Waals surface area contributed by atoms with E-state index < -0.39 is 24.3 Å². The number of carbonyl (C=O) groups is 1. The standard InChI is InChI=1S/C18H30O5/c1-2-3-9-15(19)12-13-16(20)10-7-5-4-6-8-11-17(21)14-18(22)23/h7,10,15-17,19-21H,2-6,8-9,11,14H2,1H3,(H,22,23). The molecule has 5 heteroatoms. The number of carboxylic acid groups (broad SMARTS) is 1. The van der Waals surface area contributed by atoms with Gasteiger partial charge in [0.05, 0.1) is 12.5 Å². The second kappa shape index (κ2) is 14.3. The maximum Gasteiger partial charge on any atom is 0.305 e. The molecule has 0 aliphatic heterocycles. The third kappa shape index (κ3) is 15.3. The Labute approximate surface area is 139 Å². The first kappa shape index (κ1) is 21.6. The highest BCUT2D eigenvalue weighted by molar-refractivity contribution is 5.67. The lowest BCUT2D eigenvalue weighted by Crippen LogP contribution is -2.12. The van der Waals surface area contributed by atoms with E-state index in [2.05, 4.69) is 11.8 Å². The normalized spacial score (nSPS) is 15.0. The molecule has 3 unspecified atom stereocenters. The highest BCUT2D eigenvalue weighted by atomic mass is 16.4. The molecule has 132 valence electrons. The van der Waals surface area contributed by atoms with Gasteiger partial charge >= 0.3 is 5.97 Å². The van der Waals surface area contributed by atoms with Crippen molar-refractivity contribution in [2.75, 3.05) is 0 Å². The van der Waals surface area contributed by atoms with Crippen LogP contribution in [0.25, 0.3) is 0 Å². The van der Waals surface area contributed by atoms with E-state index in [0.717, 1.165) is 38.5 Å². The molecule has 23 heavy (non-hydrogen) atoms. The molecule has 0 aromatic rings. The van der Waals surface area contributed by atoms with Crippen LogP contribution in [0.1, 0.15) is 64.7 Å². The van der Waals surface area contributed by atoms with Gasteiger partial charge < -0.3 is 20.4 Å². The summed E-state index contributed by atoms with van der Waals surface area (Å²) in [7, 11) is 0. The summed E-state index contributed by atoms with van der Waals surface area (Å²) in [5, 5.41) is 37.1. The zero-order chi connectivity index (χ0) is 17.5. The van der Waals surface area contributed by atoms with E-state index in [0.29, 0.717) is 12.8 Å². The molecule has 0 aromatic carbocycles. The van der Waals surface area contributed by atoms with Crippen LogP contribution in [0.4, 0.5) is 0 Å². The molecule has 0 amide bonds. The highest BCUT2D eigenvalue weighted by Crippen LogP contribution is 2.08. The summed E-state index contributed by atoms with van der Waals surface area (Å²) in [5.41, 5.74) is 0. The summed E-state index contributed by atoms with van der Waals surface area (Å²) in [5.74, 6) is 4.26. The molecule has 0 aliphatic rings. The molecule has 0 rings (SSSR count). The van der Waals surface area contributed by atoms with E-state index in [1.54, 1.807) is 6.08 Å². The molecule has 0 spiro atoms. The van der Waals surface area contributed by atoms with Crippen molar-refractivity contribution < 1.29 is 25.2 Å². The van der Waals surface area contributed by atoms with Crippen LogP contribution in [0.3, 0.4) is 0 Å². The zero-order valence-corrected chi connectivity index (χ0v) is 13.9. The molecule has 0 saturated heterocycles. The summed E-state index contributed by atoms with van der Waals surface area (Å²) in [4.78, 5) is 10.4. The molecule has 5 nitrogen and oxygen atoms in total. The van der Waals surface area contributed by atoms with Crippen LogP contribution in [0.15, 0.2) is 12.2 Å². The smallest absolute Gasteiger partial charge is 0.305 e. The number of hydrogen-bond donors (Lipinski definition) is 4. The molecule has 0 saturated carbocycles. The first-order valence-corrected chi connectivity index (χ1v) is 8.39. The van der Waals surface area contributed by atoms with Crippen molar-refractivity contribution in [2.24, 2.45) is 0 Å². The molecule has 3 atom stereocenters. The predicted octanol–water partition coefficient (Wildman–Crippen LogP) is 2.24. The third-order valence-electron chi connectivity index (χ3n) is 3.37. The summed E-state index contributed by atoms with van der Waals surface area (Å²) in [6.45, 7) is 2.05. The Bertz CT molecular complexity index is 394. The lowest BCUT2D eigenvalue weighted by atomic mass is 10.1. The lowest BCUT2D eigenvalue weighted by molar-refractivity contribution is -0.139. The largest absolute Gasteiger partial charge is 0.481 e. The fourth-order valence-corrected chi connectivity index (χ4v) is 2.05. The minimum absolute atomic E-state index is 0.200. The number of unbranched alkanes of at least 4 members (excludes halogenated alkanes) is 4. The van der Waals surface area contributed by atoms with Crippen LogP contribution in [-0.4, -0.2) is 44.7 Å². The minimum atomic E-state index is -0.977. The van der Waals surface area contributed by atoms with E-state index in [1.807, 2.05) is 13.0 Å². The van der Waals surface area contributed by atoms with Gasteiger partial charge in [-0.1, -0.05) is 50.5 Å². The van der Waals surface area contributed by atoms with Gasteiger partial charge in [-0.05, 0) is 31.8 Å². The van der Waals surface area contributed by atoms with Crippen molar-refractivity contribution in [3.8, 4) is 11.8 Å². The summed E-state index contributed by atoms with van der Waals surface area (Å²) in [6.07, 6.45) is 7.43. The zero-order valence-electron chi connectivity index (χ0n) is 13.9. The van der Waals surface area contributed by atoms with Crippen LogP contribution < -0.4 is 0 Å². The van der Waals surface area contributed by atoms with E-state index in [4.69, 9.17) is 5.11 Å². The topological polar surface area (TPSA) is 98.0 Å². The Hall–Kier alpha value is -1.35. The number of carboxylic acids is 1. The van der Waals surface area contributed by atoms with Gasteiger partial charge in [0, 0.05) is 0 Å². The molecular weight excluding hydrogens is 296 g/mol. The summed E-state index contributed by atoms with van der Waals surface area (Å²) in [6, 6.07) is 0. The van der Waals surface area contributed by atoms with Crippen molar-refractivity contribution in [1.82, 2.24) is 0 Å². The van der Waals surface area contributed by atoms with Crippen molar-refractivity contribution in [2.45, 2.75) is 83.0 Å². The predicted molar refractivity (Wildman–Crippen MR) is 89.8 cm³/mol. The Morgan fingerprint density at radius 1 is 1.04 bits per heavy atom. The molecule has 0 bridgehead atoms. The number of hydrogen-bond acceptors (Lipinski definition) is 4. The van der Waals surface area contributed by atoms with Gasteiger partial charge in [0.25, 0.3) is 0 Å². The Kier molecular flexibility index (Phi) is 13.4. The van der Waals surface area contributed by atoms with Gasteiger partial charge in [0.1, 0.15) is 12.2 Å². The van der Waals surface area contributed by atoms with Crippen molar-refractivity contribution >= 4 is 5.97 Å². The van der Waals surface area contributed by atoms with E-state index in [1.165, 1.54) is 0 Å². The molecule has 0 fully saturated rings. The maximum atomic E-state index is 10.4. The molecule has 0 aromatic heterocycles. The lowest BCUT2D eigenvalue weighted by Gasteiger charge is -2.06. The second-order valence-electron chi connectivity index (χ2n) is 5.71. The van der Waals surface area contributed by atoms with Crippen LogP contribution in [0.5, 0.6) is 0 Å². The number of aliphatic hydroxyl groups is 3. The van der Waals surface area contributed by atoms with Gasteiger partial charge in [-0.25, -0.2) is 0 Å². The fourth-order valence-electron chi connectivity index (χ4n) is 2.05. The van der Waals surface area contributed by atoms with E-state index in [-0.39, 0.29) is 6.42 Å². The minimum Gasteiger partial charge on any atom is -0.481 e. The molecule has 0 heterocycles. The van der Waals surface area contributed by atoms with Gasteiger partial charge in [0.2, 0.25) is 0 Å². The van der Waals surface area contributed by atoms with Gasteiger partial charge in [-0.2, -0.15) is 0 Å². The number of rotatable bonds is 12. The van der Waals surface area contributed by atoms with Crippen LogP contribution in [-0.2, 0) is 4.79 Å². The number of aliphatic hydroxyl groups excluding tert-OH is 3. The number of aliphatic carboxylic acids is 1. The van der Waals surface area contributed by atoms with E-state index in [9.17, 15) is 20.1 Å². The maximum absolute atomic E-state index is 10.4. The Morgan fingerprint density at radius 3 is 2.43 bits per heavy atom. The fraction of sp³-hybridized carbons (Fsp3) is 0.722. The average Bonchev–Trinajstić information content (AvgIpc) is 2.49. The van der Waals surface area contributed by atoms with Crippen LogP contribution >= 0.6 is 0 Å². The van der Waals surface area contributed by atoms with E-state index >= 15 is 0 Å². The van der Waals surface area contributed by atoms with Crippen LogP contribution in [0.2, 0.25) is 0 Å². The first-order chi connectivity index (χ1) is 11.0. The third-order valence-corrected chi connectivity index (χ3v) is 3.37. The Balaban J connectivity index is 3.70. The van der Waals surface area contributed by atoms with Gasteiger partial charge in [0.15, 0.2) is 0 Å². The second-order valence-corrected chi connectivity index (χ2v) is 5.71. The SMILES string of the molecule is CCCCC(O)C#CC(O)C=CCCCCCC(O)CC(=O)O. The Morgan fingerprint density at radius 2 is 1.78 bits per heavy atom. The molecule has 0 radical (unpaired) electrons. The van der Waals surface area contributed by atoms with Crippen molar-refractivity contribution in [1.29, 1.82) is 0 Å². The van der Waals surface area contributed by atoms with Crippen molar-refractivity contribution in [3.05, 3.63) is 12.2 Å². The summed E-state index contributed by atoms with van der Waals surface area (Å²) >= 11 is 0. The number of allylic oxidation sites excluding steroid dienone is 1. The summed E-state index contributed by atoms with van der Waals surface area (Å²) < 4.78 is 0. The highest BCUT2D eigenvalue weighted by Gasteiger charge is 2.08. The molecule has 4 N–H and O–H groups in total. The van der Waals surface area contributed by atoms with Crippen molar-refractivity contribution in [3.63, 3.8) is 0 Å². The quantitative estimate of drug-likeness (QED) is 0.250. The monoisotopic (exact) mass is 326 g/mol. The first-order valence-electron chi connectivity index (χ1n) is 8.39. The van der Waals surface area contributed by atoms with Crippen LogP contribution in [0, 0.1) is 11.8 Å². The average molecular weight is 326 g/mol. The van der Waals surface area contributed by atoms with Gasteiger partial charge in [-0.3, -0.25) is 4.79 Å². The van der Waals surface area contributed by atoms with Gasteiger partial charge in [-0.15, -0.1) is 0 Å². The molecule has 0 aliphatic carbocycles. The molecular formula is C18H30O5.